The molecule has 4 N–H and O–H groups in total. The molecule has 6 nitrogen and oxygen atoms in total. The third kappa shape index (κ3) is 3.87. The van der Waals surface area contributed by atoms with Crippen molar-refractivity contribution in [3.05, 3.63) is 29.3 Å². The first-order chi connectivity index (χ1) is 11.9. The van der Waals surface area contributed by atoms with Gasteiger partial charge in [-0.3, -0.25) is 15.2 Å². The van der Waals surface area contributed by atoms with Crippen LogP contribution < -0.4 is 21.5 Å². The lowest BCUT2D eigenvalue weighted by Crippen LogP contribution is -2.47. The third-order valence-corrected chi connectivity index (χ3v) is 4.40. The van der Waals surface area contributed by atoms with Gasteiger partial charge in [0.05, 0.1) is 13.1 Å². The molecule has 0 aromatic heterocycles. The maximum absolute atomic E-state index is 13.2. The van der Waals surface area contributed by atoms with Gasteiger partial charge in [0.2, 0.25) is 5.96 Å². The van der Waals surface area contributed by atoms with Gasteiger partial charge in [-0.15, -0.1) is 0 Å². The molecule has 0 saturated heterocycles. The lowest BCUT2D eigenvalue weighted by Gasteiger charge is -2.34. The van der Waals surface area contributed by atoms with Crippen LogP contribution in [0, 0.1) is 6.92 Å². The second kappa shape index (κ2) is 6.91. The number of carbonyl (C=O) groups excluding carboxylic acids is 1. The minimum atomic E-state index is -4.41. The van der Waals surface area contributed by atoms with E-state index in [1.54, 1.807) is 25.1 Å². The van der Waals surface area contributed by atoms with Crippen molar-refractivity contribution in [1.82, 2.24) is 16.2 Å². The molecule has 0 bridgehead atoms. The molecule has 136 valence electrons. The Labute approximate surface area is 143 Å². The fourth-order valence-electron chi connectivity index (χ4n) is 3.11. The highest BCUT2D eigenvalue weighted by molar-refractivity contribution is 5.90. The Morgan fingerprint density at radius 1 is 1.40 bits per heavy atom. The molecule has 1 aromatic carbocycles. The number of ketones is 1. The molecule has 2 aliphatic rings. The van der Waals surface area contributed by atoms with Crippen LogP contribution in [0.3, 0.4) is 0 Å². The van der Waals surface area contributed by atoms with Crippen molar-refractivity contribution in [2.24, 2.45) is 4.99 Å². The molecule has 2 heterocycles. The lowest BCUT2D eigenvalue weighted by molar-refractivity contribution is -0.146. The Morgan fingerprint density at radius 3 is 2.88 bits per heavy atom. The summed E-state index contributed by atoms with van der Waals surface area (Å²) >= 11 is 0. The smallest absolute Gasteiger partial charge is 0.373 e. The monoisotopic (exact) mass is 355 g/mol. The summed E-state index contributed by atoms with van der Waals surface area (Å²) in [6, 6.07) is 3.47. The number of aliphatic imine (C=N–C) groups is 1. The summed E-state index contributed by atoms with van der Waals surface area (Å²) in [6.07, 6.45) is -4.72. The van der Waals surface area contributed by atoms with E-state index in [0.29, 0.717) is 35.9 Å². The number of hydrogen-bond acceptors (Lipinski definition) is 6. The zero-order valence-corrected chi connectivity index (χ0v) is 13.7. The highest BCUT2D eigenvalue weighted by Crippen LogP contribution is 2.41. The summed E-state index contributed by atoms with van der Waals surface area (Å²) in [5, 5.41) is 5.51. The summed E-state index contributed by atoms with van der Waals surface area (Å²) < 4.78 is 39.7. The maximum atomic E-state index is 13.2. The van der Waals surface area contributed by atoms with Crippen LogP contribution in [0.4, 0.5) is 18.9 Å². The summed E-state index contributed by atoms with van der Waals surface area (Å²) in [5.74, 6) is -0.577. The normalized spacial score (nSPS) is 22.5. The number of halogens is 3. The number of carbonyl (C=O) groups is 1. The molecule has 2 unspecified atom stereocenters. The van der Waals surface area contributed by atoms with Crippen molar-refractivity contribution < 1.29 is 18.0 Å². The topological polar surface area (TPSA) is 77.6 Å². The molecule has 0 saturated carbocycles. The number of benzene rings is 1. The average Bonchev–Trinajstić information content (AvgIpc) is 3.07. The Hall–Kier alpha value is -2.29. The zero-order valence-electron chi connectivity index (χ0n) is 13.7. The van der Waals surface area contributed by atoms with Gasteiger partial charge in [0, 0.05) is 18.2 Å². The van der Waals surface area contributed by atoms with Crippen LogP contribution in [-0.2, 0) is 4.79 Å². The lowest BCUT2D eigenvalue weighted by atomic mass is 9.82. The van der Waals surface area contributed by atoms with Gasteiger partial charge in [0.25, 0.3) is 0 Å². The zero-order chi connectivity index (χ0) is 18.0. The first kappa shape index (κ1) is 17.5. The Balaban J connectivity index is 1.74. The van der Waals surface area contributed by atoms with E-state index in [1.807, 2.05) is 0 Å². The molecule has 0 aliphatic carbocycles. The van der Waals surface area contributed by atoms with Crippen LogP contribution in [0.25, 0.3) is 0 Å². The average molecular weight is 355 g/mol. The first-order valence-corrected chi connectivity index (χ1v) is 8.09. The van der Waals surface area contributed by atoms with Gasteiger partial charge in [-0.25, -0.2) is 5.43 Å². The fraction of sp³-hybridized carbons (Fsp3) is 0.500. The van der Waals surface area contributed by atoms with Gasteiger partial charge in [-0.1, -0.05) is 18.2 Å². The summed E-state index contributed by atoms with van der Waals surface area (Å²) in [7, 11) is 0. The van der Waals surface area contributed by atoms with Gasteiger partial charge < -0.3 is 10.6 Å². The van der Waals surface area contributed by atoms with Crippen molar-refractivity contribution in [2.75, 3.05) is 25.0 Å². The van der Waals surface area contributed by atoms with Crippen molar-refractivity contribution in [3.8, 4) is 0 Å². The highest BCUT2D eigenvalue weighted by Gasteiger charge is 2.45. The molecule has 2 aliphatic heterocycles. The molecule has 3 rings (SSSR count). The van der Waals surface area contributed by atoms with Crippen LogP contribution in [0.2, 0.25) is 0 Å². The third-order valence-electron chi connectivity index (χ3n) is 4.40. The molecule has 0 fully saturated rings. The molecule has 0 spiro atoms. The van der Waals surface area contributed by atoms with Gasteiger partial charge in [-0.05, 0) is 24.5 Å². The Bertz CT molecular complexity index is 689. The van der Waals surface area contributed by atoms with E-state index >= 15 is 0 Å². The molecule has 1 aromatic rings. The van der Waals surface area contributed by atoms with E-state index in [9.17, 15) is 18.0 Å². The predicted octanol–water partition coefficient (Wildman–Crippen LogP) is 1.45. The van der Waals surface area contributed by atoms with Crippen molar-refractivity contribution in [1.29, 1.82) is 0 Å². The number of nitrogens with one attached hydrogen (secondary N) is 4. The van der Waals surface area contributed by atoms with Gasteiger partial charge >= 0.3 is 6.18 Å². The minimum Gasteiger partial charge on any atom is -0.373 e. The van der Waals surface area contributed by atoms with Crippen LogP contribution in [0.5, 0.6) is 0 Å². The quantitative estimate of drug-likeness (QED) is 0.615. The maximum Gasteiger partial charge on any atom is 0.408 e. The number of anilines is 1. The van der Waals surface area contributed by atoms with E-state index in [-0.39, 0.29) is 18.7 Å². The minimum absolute atomic E-state index is 0.0939. The molecule has 2 atom stereocenters. The molecule has 25 heavy (non-hydrogen) atoms. The number of para-hydroxylation sites is 1. The summed E-state index contributed by atoms with van der Waals surface area (Å²) in [6.45, 7) is 3.00. The van der Waals surface area contributed by atoms with Gasteiger partial charge in [0.15, 0.2) is 5.78 Å². The number of aryl methyl sites for hydroxylation is 1. The van der Waals surface area contributed by atoms with E-state index < -0.39 is 18.1 Å². The largest absolute Gasteiger partial charge is 0.408 e. The van der Waals surface area contributed by atoms with E-state index in [2.05, 4.69) is 26.5 Å². The van der Waals surface area contributed by atoms with E-state index in [0.717, 1.165) is 0 Å². The number of fused-ring (bicyclic) bond motifs is 1. The number of alkyl halides is 3. The number of rotatable bonds is 4. The van der Waals surface area contributed by atoms with E-state index in [1.165, 1.54) is 0 Å². The molecular weight excluding hydrogens is 335 g/mol. The Kier molecular flexibility index (Phi) is 4.85. The molecule has 9 heteroatoms. The van der Waals surface area contributed by atoms with Crippen LogP contribution in [0.15, 0.2) is 23.2 Å². The van der Waals surface area contributed by atoms with E-state index in [4.69, 9.17) is 0 Å². The van der Waals surface area contributed by atoms with Gasteiger partial charge in [0.1, 0.15) is 6.04 Å². The SMILES string of the molecule is Cc1cccc2c1NC(C(F)(F)F)CC2C(=O)CNNC1=NCCN1. The Morgan fingerprint density at radius 2 is 2.20 bits per heavy atom. The first-order valence-electron chi connectivity index (χ1n) is 8.09. The van der Waals surface area contributed by atoms with Crippen LogP contribution >= 0.6 is 0 Å². The molecular formula is C16H20F3N5O. The second-order valence-corrected chi connectivity index (χ2v) is 6.17. The second-order valence-electron chi connectivity index (χ2n) is 6.17. The number of Topliss-reactive ketones (excluding diaryl/α,β-unsaturated/α-hetero) is 1. The highest BCUT2D eigenvalue weighted by atomic mass is 19.4. The number of nitrogens with zero attached hydrogens (tertiary/aromatic N) is 1. The number of hydrogen-bond donors (Lipinski definition) is 4. The van der Waals surface area contributed by atoms with Gasteiger partial charge in [-0.2, -0.15) is 13.2 Å². The molecule has 0 radical (unpaired) electrons. The van der Waals surface area contributed by atoms with Crippen LogP contribution in [0.1, 0.15) is 23.5 Å². The number of hydrazine groups is 1. The van der Waals surface area contributed by atoms with Crippen LogP contribution in [-0.4, -0.2) is 43.6 Å². The summed E-state index contributed by atoms with van der Waals surface area (Å²) in [4.78, 5) is 16.7. The van der Waals surface area contributed by atoms with Crippen molar-refractivity contribution in [2.45, 2.75) is 31.5 Å². The summed E-state index contributed by atoms with van der Waals surface area (Å²) in [5.41, 5.74) is 7.20. The van der Waals surface area contributed by atoms with Crippen molar-refractivity contribution >= 4 is 17.4 Å². The van der Waals surface area contributed by atoms with Crippen molar-refractivity contribution in [3.63, 3.8) is 0 Å². The standard InChI is InChI=1S/C16H20F3N5O/c1-9-3-2-4-10-11(7-13(16(17,18)19)23-14(9)10)12(25)8-22-24-15-20-5-6-21-15/h2-4,11,13,22-23H,5-8H2,1H3,(H2,20,21,24). The fourth-order valence-corrected chi connectivity index (χ4v) is 3.11. The number of guanidine groups is 1. The molecule has 0 amide bonds. The predicted molar refractivity (Wildman–Crippen MR) is 88.5 cm³/mol.